The molecule has 2 aromatic rings. The van der Waals surface area contributed by atoms with Crippen LogP contribution in [0.3, 0.4) is 0 Å². The minimum atomic E-state index is -0.281. The average Bonchev–Trinajstić information content (AvgIpc) is 2.69. The fourth-order valence-electron chi connectivity index (χ4n) is 2.17. The van der Waals surface area contributed by atoms with Crippen molar-refractivity contribution in [3.63, 3.8) is 0 Å². The first-order chi connectivity index (χ1) is 9.13. The third kappa shape index (κ3) is 2.98. The Morgan fingerprint density at radius 3 is 2.79 bits per heavy atom. The van der Waals surface area contributed by atoms with Gasteiger partial charge in [-0.1, -0.05) is 25.8 Å². The normalized spacial score (nSPS) is 10.9. The molecule has 0 amide bonds. The van der Waals surface area contributed by atoms with Crippen LogP contribution in [0.1, 0.15) is 47.9 Å². The van der Waals surface area contributed by atoms with Crippen LogP contribution in [0, 0.1) is 13.8 Å². The topological polar surface area (TPSA) is 39.4 Å². The number of carbonyl (C=O) groups excluding carboxylic acids is 1. The molecule has 1 aromatic carbocycles. The SMILES string of the molecule is CCCCCOC(=O)c1c(C)oc2cc(C)ccc12. The maximum absolute atomic E-state index is 12.1. The van der Waals surface area contributed by atoms with E-state index < -0.39 is 0 Å². The number of rotatable bonds is 5. The third-order valence-electron chi connectivity index (χ3n) is 3.21. The van der Waals surface area contributed by atoms with Crippen LogP contribution in [0.5, 0.6) is 0 Å². The summed E-state index contributed by atoms with van der Waals surface area (Å²) in [5.41, 5.74) is 2.42. The van der Waals surface area contributed by atoms with Crippen molar-refractivity contribution >= 4 is 16.9 Å². The van der Waals surface area contributed by atoms with Crippen LogP contribution >= 0.6 is 0 Å². The number of unbranched alkanes of at least 4 members (excludes halogenated alkanes) is 2. The van der Waals surface area contributed by atoms with Gasteiger partial charge in [-0.05, 0) is 38.0 Å². The third-order valence-corrected chi connectivity index (χ3v) is 3.21. The van der Waals surface area contributed by atoms with Gasteiger partial charge in [0.05, 0.1) is 6.61 Å². The van der Waals surface area contributed by atoms with Crippen LogP contribution in [0.25, 0.3) is 11.0 Å². The van der Waals surface area contributed by atoms with Gasteiger partial charge in [0.1, 0.15) is 16.9 Å². The Bertz CT molecular complexity index is 581. The first-order valence-electron chi connectivity index (χ1n) is 6.80. The minimum Gasteiger partial charge on any atom is -0.462 e. The maximum Gasteiger partial charge on any atom is 0.342 e. The van der Waals surface area contributed by atoms with Gasteiger partial charge >= 0.3 is 5.97 Å². The van der Waals surface area contributed by atoms with Gasteiger partial charge in [-0.25, -0.2) is 4.79 Å². The number of fused-ring (bicyclic) bond motifs is 1. The first kappa shape index (κ1) is 13.7. The number of benzene rings is 1. The summed E-state index contributed by atoms with van der Waals surface area (Å²) in [6.07, 6.45) is 3.11. The summed E-state index contributed by atoms with van der Waals surface area (Å²) >= 11 is 0. The Kier molecular flexibility index (Phi) is 4.25. The summed E-state index contributed by atoms with van der Waals surface area (Å²) in [5, 5.41) is 0.837. The number of hydrogen-bond acceptors (Lipinski definition) is 3. The highest BCUT2D eigenvalue weighted by molar-refractivity contribution is 6.04. The van der Waals surface area contributed by atoms with Crippen LogP contribution in [0.4, 0.5) is 0 Å². The molecular weight excluding hydrogens is 240 g/mol. The molecule has 2 rings (SSSR count). The van der Waals surface area contributed by atoms with Gasteiger partial charge in [0.15, 0.2) is 0 Å². The summed E-state index contributed by atoms with van der Waals surface area (Å²) in [5.74, 6) is 0.345. The molecule has 0 aliphatic rings. The smallest absolute Gasteiger partial charge is 0.342 e. The van der Waals surface area contributed by atoms with Gasteiger partial charge in [-0.2, -0.15) is 0 Å². The van der Waals surface area contributed by atoms with Crippen LogP contribution in [-0.2, 0) is 4.74 Å². The highest BCUT2D eigenvalue weighted by atomic mass is 16.5. The van der Waals surface area contributed by atoms with Crippen LogP contribution in [-0.4, -0.2) is 12.6 Å². The lowest BCUT2D eigenvalue weighted by Crippen LogP contribution is -2.07. The first-order valence-corrected chi connectivity index (χ1v) is 6.80. The lowest BCUT2D eigenvalue weighted by Gasteiger charge is -2.03. The van der Waals surface area contributed by atoms with Gasteiger partial charge in [-0.15, -0.1) is 0 Å². The second-order valence-electron chi connectivity index (χ2n) is 4.88. The molecule has 0 saturated heterocycles. The number of carbonyl (C=O) groups is 1. The second-order valence-corrected chi connectivity index (χ2v) is 4.88. The van der Waals surface area contributed by atoms with E-state index in [1.165, 1.54) is 0 Å². The molecule has 0 aliphatic carbocycles. The molecule has 102 valence electrons. The minimum absolute atomic E-state index is 0.281. The molecule has 0 radical (unpaired) electrons. The molecule has 0 bridgehead atoms. The molecule has 0 atom stereocenters. The monoisotopic (exact) mass is 260 g/mol. The summed E-state index contributed by atoms with van der Waals surface area (Å²) in [6.45, 7) is 6.40. The van der Waals surface area contributed by atoms with E-state index >= 15 is 0 Å². The number of esters is 1. The van der Waals surface area contributed by atoms with Crippen molar-refractivity contribution in [2.45, 2.75) is 40.0 Å². The fraction of sp³-hybridized carbons (Fsp3) is 0.438. The fourth-order valence-corrected chi connectivity index (χ4v) is 2.17. The van der Waals surface area contributed by atoms with E-state index in [1.54, 1.807) is 6.92 Å². The van der Waals surface area contributed by atoms with Gasteiger partial charge in [0.2, 0.25) is 0 Å². The van der Waals surface area contributed by atoms with Gasteiger partial charge in [-0.3, -0.25) is 0 Å². The Balaban J connectivity index is 2.19. The Morgan fingerprint density at radius 2 is 2.05 bits per heavy atom. The molecule has 0 spiro atoms. The van der Waals surface area contributed by atoms with Crippen molar-refractivity contribution in [2.24, 2.45) is 0 Å². The molecule has 0 saturated carbocycles. The van der Waals surface area contributed by atoms with E-state index in [0.717, 1.165) is 35.8 Å². The van der Waals surface area contributed by atoms with Crippen molar-refractivity contribution in [1.82, 2.24) is 0 Å². The zero-order valence-electron chi connectivity index (χ0n) is 11.8. The highest BCUT2D eigenvalue weighted by Gasteiger charge is 2.19. The number of aryl methyl sites for hydroxylation is 2. The van der Waals surface area contributed by atoms with Gasteiger partial charge in [0.25, 0.3) is 0 Å². The van der Waals surface area contributed by atoms with E-state index in [2.05, 4.69) is 6.92 Å². The Morgan fingerprint density at radius 1 is 1.26 bits per heavy atom. The van der Waals surface area contributed by atoms with Crippen LogP contribution < -0.4 is 0 Å². The molecule has 3 nitrogen and oxygen atoms in total. The van der Waals surface area contributed by atoms with E-state index in [1.807, 2.05) is 25.1 Å². The standard InChI is InChI=1S/C16H20O3/c1-4-5-6-9-18-16(17)15-12(3)19-14-10-11(2)7-8-13(14)15/h7-8,10H,4-6,9H2,1-3H3. The molecular formula is C16H20O3. The summed E-state index contributed by atoms with van der Waals surface area (Å²) < 4.78 is 10.9. The zero-order valence-corrected chi connectivity index (χ0v) is 11.8. The van der Waals surface area contributed by atoms with E-state index in [4.69, 9.17) is 9.15 Å². The molecule has 0 aliphatic heterocycles. The van der Waals surface area contributed by atoms with Crippen molar-refractivity contribution in [3.8, 4) is 0 Å². The highest BCUT2D eigenvalue weighted by Crippen LogP contribution is 2.27. The number of hydrogen-bond donors (Lipinski definition) is 0. The zero-order chi connectivity index (χ0) is 13.8. The van der Waals surface area contributed by atoms with Crippen molar-refractivity contribution in [3.05, 3.63) is 35.1 Å². The van der Waals surface area contributed by atoms with Gasteiger partial charge in [0, 0.05) is 5.39 Å². The quantitative estimate of drug-likeness (QED) is 0.591. The Hall–Kier alpha value is -1.77. The average molecular weight is 260 g/mol. The lowest BCUT2D eigenvalue weighted by atomic mass is 10.1. The molecule has 3 heteroatoms. The van der Waals surface area contributed by atoms with E-state index in [0.29, 0.717) is 17.9 Å². The molecule has 0 fully saturated rings. The van der Waals surface area contributed by atoms with Crippen LogP contribution in [0.15, 0.2) is 22.6 Å². The maximum atomic E-state index is 12.1. The molecule has 0 unspecified atom stereocenters. The molecule has 1 aromatic heterocycles. The second kappa shape index (κ2) is 5.91. The van der Waals surface area contributed by atoms with E-state index in [9.17, 15) is 4.79 Å². The molecule has 19 heavy (non-hydrogen) atoms. The predicted molar refractivity (Wildman–Crippen MR) is 75.5 cm³/mol. The number of ether oxygens (including phenoxy) is 1. The summed E-state index contributed by atoms with van der Waals surface area (Å²) in [6, 6.07) is 5.84. The number of furan rings is 1. The van der Waals surface area contributed by atoms with Crippen molar-refractivity contribution in [1.29, 1.82) is 0 Å². The van der Waals surface area contributed by atoms with Gasteiger partial charge < -0.3 is 9.15 Å². The van der Waals surface area contributed by atoms with Crippen LogP contribution in [0.2, 0.25) is 0 Å². The Labute approximate surface area is 113 Å². The molecule has 0 N–H and O–H groups in total. The lowest BCUT2D eigenvalue weighted by molar-refractivity contribution is 0.0498. The largest absolute Gasteiger partial charge is 0.462 e. The predicted octanol–water partition coefficient (Wildman–Crippen LogP) is 4.40. The molecule has 1 heterocycles. The van der Waals surface area contributed by atoms with Crippen molar-refractivity contribution < 1.29 is 13.9 Å². The van der Waals surface area contributed by atoms with E-state index in [-0.39, 0.29) is 5.97 Å². The summed E-state index contributed by atoms with van der Waals surface area (Å²) in [4.78, 5) is 12.1. The van der Waals surface area contributed by atoms with Crippen molar-refractivity contribution in [2.75, 3.05) is 6.61 Å². The summed E-state index contributed by atoms with van der Waals surface area (Å²) in [7, 11) is 0.